The summed E-state index contributed by atoms with van der Waals surface area (Å²) in [5.74, 6) is 3.87. The molecule has 0 aliphatic rings. The first kappa shape index (κ1) is 68.5. The number of unbranched alkanes of at least 4 members (excludes halogenated alkanes) is 8. The van der Waals surface area contributed by atoms with Crippen molar-refractivity contribution in [2.24, 2.45) is 0 Å². The van der Waals surface area contributed by atoms with Crippen LogP contribution in [0.1, 0.15) is 292 Å². The Bertz CT molecular complexity index is 2200. The molecule has 412 valence electrons. The molecule has 0 saturated carbocycles. The van der Waals surface area contributed by atoms with Crippen molar-refractivity contribution >= 4 is 0 Å². The van der Waals surface area contributed by atoms with Gasteiger partial charge in [0.25, 0.3) is 0 Å². The summed E-state index contributed by atoms with van der Waals surface area (Å²) < 4.78 is 0. The van der Waals surface area contributed by atoms with Gasteiger partial charge in [0.15, 0.2) is 0 Å². The second kappa shape index (κ2) is 32.6. The molecule has 2 unspecified atom stereocenters. The predicted molar refractivity (Wildman–Crippen MR) is 337 cm³/mol. The topological polar surface area (TPSA) is 0 Å². The number of hydrogen-bond acceptors (Lipinski definition) is 0. The molecular formula is C76H106Li2. The maximum atomic E-state index is 2.54. The molecule has 0 N–H and O–H groups in total. The zero-order valence-corrected chi connectivity index (χ0v) is 53.3. The molecule has 0 spiro atoms. The summed E-state index contributed by atoms with van der Waals surface area (Å²) in [7, 11) is 0. The summed E-state index contributed by atoms with van der Waals surface area (Å²) >= 11 is 0. The monoisotopic (exact) mass is 1030 g/mol. The van der Waals surface area contributed by atoms with Gasteiger partial charge >= 0.3 is 37.7 Å². The standard InChI is InChI=1S/C38H54.C38H52.2Li/c2*1-9-11-13-18-35(29-20-24-33(25-21-29)37(3,4)5)31-16-15-17-32(28-31)36(19-14-12-10-2)30-22-26-34(27-23-30)38(6,7)8;;/h15-17,20-28,35-36H,9-14,18-19H2,1-8H3;15-17,20-28H,9-14,18-19H2,1-8H3;;/q;-2;2*+1. The van der Waals surface area contributed by atoms with Gasteiger partial charge in [-0.15, -0.1) is 82.6 Å². The van der Waals surface area contributed by atoms with Crippen LogP contribution in [0.25, 0.3) is 0 Å². The van der Waals surface area contributed by atoms with Crippen molar-refractivity contribution in [3.63, 3.8) is 0 Å². The number of benzene rings is 6. The SMILES string of the molecule is CCCCCC(c1ccc(C(C)(C)C)cc1)c1cccc(C(CCCCC)c2ccc(C(C)(C)C)cc2)c1.CCCCC[C-](c1ccc(C(C)(C)C)cc1)c1cccc([C-](CCCCC)c2ccc(C(C)(C)C)cc2)c1.[Li+].[Li+]. The molecule has 2 heteroatoms. The summed E-state index contributed by atoms with van der Waals surface area (Å²) in [6.07, 6.45) is 19.9. The smallest absolute Gasteiger partial charge is 0.129 e. The van der Waals surface area contributed by atoms with Gasteiger partial charge in [-0.3, -0.25) is 0 Å². The molecule has 6 aromatic carbocycles. The van der Waals surface area contributed by atoms with Crippen molar-refractivity contribution in [2.75, 3.05) is 0 Å². The molecule has 0 aromatic heterocycles. The second-order valence-electron chi connectivity index (χ2n) is 26.6. The van der Waals surface area contributed by atoms with Crippen molar-refractivity contribution in [1.29, 1.82) is 0 Å². The quantitative estimate of drug-likeness (QED) is 0.0322. The van der Waals surface area contributed by atoms with E-state index in [-0.39, 0.29) is 59.4 Å². The van der Waals surface area contributed by atoms with E-state index < -0.39 is 0 Å². The molecule has 0 radical (unpaired) electrons. The van der Waals surface area contributed by atoms with Gasteiger partial charge in [-0.1, -0.05) is 309 Å². The van der Waals surface area contributed by atoms with Crippen LogP contribution < -0.4 is 37.7 Å². The Morgan fingerprint density at radius 3 is 0.872 bits per heavy atom. The van der Waals surface area contributed by atoms with Crippen LogP contribution in [0.4, 0.5) is 0 Å². The Hall–Kier alpha value is -3.75. The van der Waals surface area contributed by atoms with Gasteiger partial charge in [-0.25, -0.2) is 0 Å². The minimum atomic E-state index is 0. The first-order valence-electron chi connectivity index (χ1n) is 30.4. The Morgan fingerprint density at radius 1 is 0.295 bits per heavy atom. The molecule has 78 heavy (non-hydrogen) atoms. The molecular weight excluding hydrogens is 927 g/mol. The van der Waals surface area contributed by atoms with E-state index in [4.69, 9.17) is 0 Å². The van der Waals surface area contributed by atoms with Crippen molar-refractivity contribution < 1.29 is 37.7 Å². The fourth-order valence-electron chi connectivity index (χ4n) is 10.9. The molecule has 0 bridgehead atoms. The molecule has 0 saturated heterocycles. The van der Waals surface area contributed by atoms with Gasteiger partial charge < -0.3 is 0 Å². The average Bonchev–Trinajstić information content (AvgIpc) is 3.40. The first-order valence-corrected chi connectivity index (χ1v) is 30.4. The van der Waals surface area contributed by atoms with E-state index in [1.807, 2.05) is 0 Å². The van der Waals surface area contributed by atoms with Gasteiger partial charge in [0.1, 0.15) is 0 Å². The predicted octanol–water partition coefficient (Wildman–Crippen LogP) is 17.1. The van der Waals surface area contributed by atoms with Crippen LogP contribution in [-0.2, 0) is 21.7 Å². The van der Waals surface area contributed by atoms with Gasteiger partial charge in [0.2, 0.25) is 0 Å². The van der Waals surface area contributed by atoms with E-state index in [0.29, 0.717) is 11.8 Å². The largest absolute Gasteiger partial charge is 1.00 e. The van der Waals surface area contributed by atoms with Crippen LogP contribution in [0.3, 0.4) is 0 Å². The Labute approximate surface area is 505 Å². The maximum Gasteiger partial charge on any atom is 1.00 e. The summed E-state index contributed by atoms with van der Waals surface area (Å²) in [6, 6.07) is 56.8. The Balaban J connectivity index is 0.000000400. The minimum absolute atomic E-state index is 0. The van der Waals surface area contributed by atoms with Gasteiger partial charge in [0, 0.05) is 11.8 Å². The third kappa shape index (κ3) is 21.0. The zero-order valence-electron chi connectivity index (χ0n) is 53.3. The molecule has 6 aromatic rings. The summed E-state index contributed by atoms with van der Waals surface area (Å²) in [4.78, 5) is 0. The molecule has 0 amide bonds. The van der Waals surface area contributed by atoms with Crippen molar-refractivity contribution in [1.82, 2.24) is 0 Å². The summed E-state index contributed by atoms with van der Waals surface area (Å²) in [5, 5.41) is 0. The Morgan fingerprint density at radius 2 is 0.577 bits per heavy atom. The normalized spacial score (nSPS) is 12.6. The van der Waals surface area contributed by atoms with Crippen LogP contribution in [0.5, 0.6) is 0 Å². The molecule has 0 heterocycles. The fourth-order valence-corrected chi connectivity index (χ4v) is 10.9. The van der Waals surface area contributed by atoms with Crippen molar-refractivity contribution in [3.8, 4) is 0 Å². The Kier molecular flexibility index (Phi) is 28.7. The minimum Gasteiger partial charge on any atom is -0.129 e. The van der Waals surface area contributed by atoms with E-state index in [9.17, 15) is 0 Å². The van der Waals surface area contributed by atoms with Gasteiger partial charge in [0.05, 0.1) is 0 Å². The van der Waals surface area contributed by atoms with E-state index in [2.05, 4.69) is 256 Å². The van der Waals surface area contributed by atoms with Crippen molar-refractivity contribution in [2.45, 2.75) is 247 Å². The third-order valence-corrected chi connectivity index (χ3v) is 16.1. The van der Waals surface area contributed by atoms with Crippen LogP contribution in [0, 0.1) is 11.8 Å². The average molecular weight is 1030 g/mol. The van der Waals surface area contributed by atoms with Gasteiger partial charge in [-0.05, 0) is 67.9 Å². The summed E-state index contributed by atoms with van der Waals surface area (Å²) in [6.45, 7) is 36.8. The number of hydrogen-bond donors (Lipinski definition) is 0. The van der Waals surface area contributed by atoms with E-state index in [1.54, 1.807) is 0 Å². The van der Waals surface area contributed by atoms with Crippen LogP contribution >= 0.6 is 0 Å². The van der Waals surface area contributed by atoms with Crippen molar-refractivity contribution in [3.05, 3.63) is 224 Å². The van der Waals surface area contributed by atoms with E-state index in [0.717, 1.165) is 12.8 Å². The van der Waals surface area contributed by atoms with Crippen LogP contribution in [0.15, 0.2) is 146 Å². The molecule has 0 nitrogen and oxygen atoms in total. The molecule has 6 rings (SSSR count). The molecule has 0 aliphatic carbocycles. The first-order chi connectivity index (χ1) is 36.1. The molecule has 0 aliphatic heterocycles. The van der Waals surface area contributed by atoms with Crippen LogP contribution in [-0.4, -0.2) is 0 Å². The van der Waals surface area contributed by atoms with E-state index in [1.165, 1.54) is 168 Å². The second-order valence-corrected chi connectivity index (χ2v) is 26.6. The molecule has 0 fully saturated rings. The maximum absolute atomic E-state index is 2.54. The molecule has 2 atom stereocenters. The number of rotatable bonds is 24. The van der Waals surface area contributed by atoms with E-state index >= 15 is 0 Å². The third-order valence-electron chi connectivity index (χ3n) is 16.1. The van der Waals surface area contributed by atoms with Crippen LogP contribution in [0.2, 0.25) is 0 Å². The fraction of sp³-hybridized carbons (Fsp3) is 0.500. The summed E-state index contributed by atoms with van der Waals surface area (Å²) in [5.41, 5.74) is 17.7. The van der Waals surface area contributed by atoms with Gasteiger partial charge in [-0.2, -0.15) is 0 Å². The zero-order chi connectivity index (χ0) is 55.5.